The number of benzene rings is 1. The molecule has 0 spiro atoms. The highest BCUT2D eigenvalue weighted by atomic mass is 35.5. The van der Waals surface area contributed by atoms with Gasteiger partial charge in [-0.25, -0.2) is 0 Å². The number of anilines is 1. The van der Waals surface area contributed by atoms with Gasteiger partial charge in [-0.3, -0.25) is 4.68 Å². The third-order valence-corrected chi connectivity index (χ3v) is 4.35. The van der Waals surface area contributed by atoms with E-state index >= 15 is 0 Å². The molecule has 0 aliphatic heterocycles. The molecule has 0 unspecified atom stereocenters. The molecule has 2 N–H and O–H groups in total. The Morgan fingerprint density at radius 1 is 1.25 bits per heavy atom. The van der Waals surface area contributed by atoms with E-state index in [1.807, 2.05) is 6.07 Å². The molecule has 0 amide bonds. The van der Waals surface area contributed by atoms with Crippen molar-refractivity contribution in [3.8, 4) is 0 Å². The number of thiocarbonyl (C=S) groups is 1. The van der Waals surface area contributed by atoms with Gasteiger partial charge in [-0.05, 0) is 36.3 Å². The van der Waals surface area contributed by atoms with Crippen LogP contribution in [0.1, 0.15) is 12.0 Å². The molecule has 0 saturated carbocycles. The van der Waals surface area contributed by atoms with Gasteiger partial charge in [0.25, 0.3) is 0 Å². The van der Waals surface area contributed by atoms with E-state index in [0.29, 0.717) is 45.7 Å². The zero-order valence-corrected chi connectivity index (χ0v) is 16.1. The molecule has 24 heavy (non-hydrogen) atoms. The molecular weight excluding hydrogens is 391 g/mol. The van der Waals surface area contributed by atoms with Crippen molar-refractivity contribution in [2.45, 2.75) is 13.0 Å². The summed E-state index contributed by atoms with van der Waals surface area (Å²) in [7, 11) is 1.66. The summed E-state index contributed by atoms with van der Waals surface area (Å²) in [6.45, 7) is 1.91. The van der Waals surface area contributed by atoms with Crippen LogP contribution in [0.5, 0.6) is 0 Å². The van der Waals surface area contributed by atoms with E-state index in [2.05, 4.69) is 15.7 Å². The van der Waals surface area contributed by atoms with Crippen molar-refractivity contribution in [2.75, 3.05) is 25.6 Å². The molecule has 9 heteroatoms. The Labute approximate surface area is 161 Å². The van der Waals surface area contributed by atoms with Gasteiger partial charge >= 0.3 is 0 Å². The van der Waals surface area contributed by atoms with Crippen LogP contribution in [0.4, 0.5) is 5.82 Å². The molecule has 1 aromatic heterocycles. The van der Waals surface area contributed by atoms with E-state index in [9.17, 15) is 0 Å². The average molecular weight is 408 g/mol. The summed E-state index contributed by atoms with van der Waals surface area (Å²) in [6, 6.07) is 5.44. The second kappa shape index (κ2) is 9.44. The molecule has 0 bridgehead atoms. The zero-order chi connectivity index (χ0) is 17.5. The maximum Gasteiger partial charge on any atom is 0.173 e. The Hall–Kier alpha value is -1.05. The Morgan fingerprint density at radius 3 is 2.75 bits per heavy atom. The lowest BCUT2D eigenvalue weighted by Crippen LogP contribution is -2.30. The van der Waals surface area contributed by atoms with E-state index < -0.39 is 0 Å². The summed E-state index contributed by atoms with van der Waals surface area (Å²) in [5.41, 5.74) is 0.968. The third-order valence-electron chi connectivity index (χ3n) is 3.09. The minimum atomic E-state index is 0.466. The van der Waals surface area contributed by atoms with Gasteiger partial charge in [0.15, 0.2) is 10.9 Å². The van der Waals surface area contributed by atoms with Crippen molar-refractivity contribution in [3.63, 3.8) is 0 Å². The average Bonchev–Trinajstić information content (AvgIpc) is 2.87. The topological polar surface area (TPSA) is 51.1 Å². The van der Waals surface area contributed by atoms with E-state index in [0.717, 1.165) is 12.0 Å². The standard InChI is InChI=1S/C15H17Cl3N4OS/c1-23-6-2-5-19-15(24)20-14-13(18)9-22(21-14)8-10-3-4-11(16)12(17)7-10/h3-4,7,9H,2,5-6,8H2,1H3,(H2,19,20,21,24). The number of aromatic nitrogens is 2. The second-order valence-corrected chi connectivity index (χ2v) is 6.63. The van der Waals surface area contributed by atoms with Gasteiger partial charge in [0.05, 0.1) is 16.6 Å². The highest BCUT2D eigenvalue weighted by Crippen LogP contribution is 2.24. The minimum Gasteiger partial charge on any atom is -0.385 e. The first-order valence-corrected chi connectivity index (χ1v) is 8.74. The van der Waals surface area contributed by atoms with Crippen LogP contribution in [0.15, 0.2) is 24.4 Å². The molecule has 2 aromatic rings. The van der Waals surface area contributed by atoms with Gasteiger partial charge < -0.3 is 15.4 Å². The number of rotatable bonds is 7. The van der Waals surface area contributed by atoms with Gasteiger partial charge in [-0.15, -0.1) is 0 Å². The van der Waals surface area contributed by atoms with Crippen LogP contribution < -0.4 is 10.6 Å². The zero-order valence-electron chi connectivity index (χ0n) is 13.0. The van der Waals surface area contributed by atoms with Gasteiger partial charge in [0.1, 0.15) is 5.02 Å². The van der Waals surface area contributed by atoms with Crippen molar-refractivity contribution in [3.05, 3.63) is 45.0 Å². The lowest BCUT2D eigenvalue weighted by Gasteiger charge is -2.08. The fourth-order valence-corrected chi connectivity index (χ4v) is 2.68. The highest BCUT2D eigenvalue weighted by molar-refractivity contribution is 7.80. The first-order chi connectivity index (χ1) is 11.5. The Morgan fingerprint density at radius 2 is 2.04 bits per heavy atom. The fraction of sp³-hybridized carbons (Fsp3) is 0.333. The Bertz CT molecular complexity index is 708. The van der Waals surface area contributed by atoms with Crippen LogP contribution in [0.25, 0.3) is 0 Å². The summed E-state index contributed by atoms with van der Waals surface area (Å²) in [5.74, 6) is 0.501. The number of hydrogen-bond acceptors (Lipinski definition) is 3. The predicted octanol–water partition coefficient (Wildman–Crippen LogP) is 4.21. The molecule has 0 saturated heterocycles. The summed E-state index contributed by atoms with van der Waals surface area (Å²) in [4.78, 5) is 0. The highest BCUT2D eigenvalue weighted by Gasteiger charge is 2.09. The van der Waals surface area contributed by atoms with Crippen molar-refractivity contribution in [1.29, 1.82) is 0 Å². The van der Waals surface area contributed by atoms with Crippen LogP contribution >= 0.6 is 47.0 Å². The number of nitrogens with one attached hydrogen (secondary N) is 2. The normalized spacial score (nSPS) is 10.7. The molecule has 130 valence electrons. The maximum atomic E-state index is 6.20. The molecule has 5 nitrogen and oxygen atoms in total. The van der Waals surface area contributed by atoms with Crippen LogP contribution in [0.2, 0.25) is 15.1 Å². The molecule has 1 aromatic carbocycles. The second-order valence-electron chi connectivity index (χ2n) is 5.00. The summed E-state index contributed by atoms with van der Waals surface area (Å²) < 4.78 is 6.68. The van der Waals surface area contributed by atoms with Gasteiger partial charge in [-0.2, -0.15) is 5.10 Å². The van der Waals surface area contributed by atoms with Crippen molar-refractivity contribution < 1.29 is 4.74 Å². The fourth-order valence-electron chi connectivity index (χ4n) is 1.96. The smallest absolute Gasteiger partial charge is 0.173 e. The van der Waals surface area contributed by atoms with Gasteiger partial charge in [-0.1, -0.05) is 40.9 Å². The van der Waals surface area contributed by atoms with Crippen LogP contribution in [-0.2, 0) is 11.3 Å². The molecular formula is C15H17Cl3N4OS. The van der Waals surface area contributed by atoms with Crippen molar-refractivity contribution in [1.82, 2.24) is 15.1 Å². The lowest BCUT2D eigenvalue weighted by atomic mass is 10.2. The van der Waals surface area contributed by atoms with E-state index in [1.165, 1.54) is 0 Å². The summed E-state index contributed by atoms with van der Waals surface area (Å²) in [6.07, 6.45) is 2.58. The first-order valence-electron chi connectivity index (χ1n) is 7.20. The van der Waals surface area contributed by atoms with Crippen molar-refractivity contribution in [2.24, 2.45) is 0 Å². The largest absolute Gasteiger partial charge is 0.385 e. The number of nitrogens with zero attached hydrogens (tertiary/aromatic N) is 2. The summed E-state index contributed by atoms with van der Waals surface area (Å²) >= 11 is 23.3. The minimum absolute atomic E-state index is 0.466. The molecule has 0 radical (unpaired) electrons. The Kier molecular flexibility index (Phi) is 7.58. The SMILES string of the molecule is COCCCNC(=S)Nc1nn(Cc2ccc(Cl)c(Cl)c2)cc1Cl. The van der Waals surface area contributed by atoms with Crippen LogP contribution in [0.3, 0.4) is 0 Å². The van der Waals surface area contributed by atoms with Gasteiger partial charge in [0, 0.05) is 26.5 Å². The molecule has 0 aliphatic carbocycles. The number of hydrogen-bond donors (Lipinski definition) is 2. The monoisotopic (exact) mass is 406 g/mol. The molecule has 0 fully saturated rings. The molecule has 0 aliphatic rings. The molecule has 1 heterocycles. The maximum absolute atomic E-state index is 6.20. The van der Waals surface area contributed by atoms with Crippen LogP contribution in [-0.4, -0.2) is 35.2 Å². The van der Waals surface area contributed by atoms with Crippen LogP contribution in [0, 0.1) is 0 Å². The first kappa shape index (κ1) is 19.3. The van der Waals surface area contributed by atoms with E-state index in [4.69, 9.17) is 51.8 Å². The molecule has 0 atom stereocenters. The number of ether oxygens (including phenoxy) is 1. The summed E-state index contributed by atoms with van der Waals surface area (Å²) in [5, 5.41) is 12.4. The van der Waals surface area contributed by atoms with E-state index in [1.54, 1.807) is 30.1 Å². The Balaban J connectivity index is 1.94. The number of halogens is 3. The predicted molar refractivity (Wildman–Crippen MR) is 104 cm³/mol. The number of methoxy groups -OCH3 is 1. The lowest BCUT2D eigenvalue weighted by molar-refractivity contribution is 0.196. The quantitative estimate of drug-likeness (QED) is 0.532. The molecule has 2 rings (SSSR count). The van der Waals surface area contributed by atoms with E-state index in [-0.39, 0.29) is 0 Å². The third kappa shape index (κ3) is 5.79. The van der Waals surface area contributed by atoms with Gasteiger partial charge in [0.2, 0.25) is 0 Å². The van der Waals surface area contributed by atoms with Crippen molar-refractivity contribution >= 4 is 58.0 Å².